The Morgan fingerprint density at radius 3 is 2.52 bits per heavy atom. The Hall–Kier alpha value is -1.82. The molecule has 1 aromatic heterocycles. The first-order chi connectivity index (χ1) is 12.0. The zero-order valence-electron chi connectivity index (χ0n) is 14.9. The van der Waals surface area contributed by atoms with Gasteiger partial charge in [-0.25, -0.2) is 9.37 Å². The summed E-state index contributed by atoms with van der Waals surface area (Å²) in [5.74, 6) is 0.314. The number of carbonyl (C=O) groups is 1. The number of amides is 1. The van der Waals surface area contributed by atoms with E-state index in [1.807, 2.05) is 16.5 Å². The Morgan fingerprint density at radius 2 is 1.88 bits per heavy atom. The van der Waals surface area contributed by atoms with Crippen LogP contribution in [0.15, 0.2) is 35.6 Å². The molecule has 0 N–H and O–H groups in total. The lowest BCUT2D eigenvalue weighted by atomic mass is 9.98. The van der Waals surface area contributed by atoms with Crippen molar-refractivity contribution in [1.82, 2.24) is 14.5 Å². The van der Waals surface area contributed by atoms with Crippen LogP contribution >= 0.6 is 11.8 Å². The van der Waals surface area contributed by atoms with Crippen molar-refractivity contribution in [3.05, 3.63) is 36.3 Å². The molecular weight excluding hydrogens is 337 g/mol. The van der Waals surface area contributed by atoms with Crippen molar-refractivity contribution >= 4 is 17.7 Å². The van der Waals surface area contributed by atoms with Crippen molar-refractivity contribution in [2.75, 3.05) is 5.75 Å². The molecule has 1 amide bonds. The number of thioether (sulfide) groups is 1. The van der Waals surface area contributed by atoms with E-state index in [0.717, 1.165) is 29.3 Å². The highest BCUT2D eigenvalue weighted by Gasteiger charge is 2.28. The molecule has 1 aliphatic rings. The van der Waals surface area contributed by atoms with Crippen molar-refractivity contribution in [3.63, 3.8) is 0 Å². The minimum Gasteiger partial charge on any atom is -0.337 e. The highest BCUT2D eigenvalue weighted by atomic mass is 32.2. The number of benzene rings is 1. The summed E-state index contributed by atoms with van der Waals surface area (Å²) in [6.07, 6.45) is 5.13. The standard InChI is InChI=1S/C19H24FN3OS/c1-13-5-4-6-14(2)23(13)18(24)12-25-19-21-11-17(22(19)3)15-7-9-16(20)10-8-15/h7-11,13-14H,4-6,12H2,1-3H3. The maximum absolute atomic E-state index is 13.1. The third kappa shape index (κ3) is 3.89. The topological polar surface area (TPSA) is 38.1 Å². The predicted molar refractivity (Wildman–Crippen MR) is 98.9 cm³/mol. The molecule has 0 bridgehead atoms. The lowest BCUT2D eigenvalue weighted by Gasteiger charge is -2.39. The molecule has 134 valence electrons. The summed E-state index contributed by atoms with van der Waals surface area (Å²) in [7, 11) is 1.92. The number of hydrogen-bond donors (Lipinski definition) is 0. The third-order valence-corrected chi connectivity index (χ3v) is 5.92. The van der Waals surface area contributed by atoms with Crippen LogP contribution in [0.4, 0.5) is 4.39 Å². The Balaban J connectivity index is 1.68. The summed E-state index contributed by atoms with van der Waals surface area (Å²) in [6.45, 7) is 4.26. The highest BCUT2D eigenvalue weighted by molar-refractivity contribution is 7.99. The minimum atomic E-state index is -0.254. The van der Waals surface area contributed by atoms with Crippen molar-refractivity contribution in [2.24, 2.45) is 7.05 Å². The first-order valence-electron chi connectivity index (χ1n) is 8.69. The monoisotopic (exact) mass is 361 g/mol. The van der Waals surface area contributed by atoms with Gasteiger partial charge in [0.25, 0.3) is 0 Å². The molecule has 2 atom stereocenters. The fourth-order valence-electron chi connectivity index (χ4n) is 3.53. The SMILES string of the molecule is CC1CCCC(C)N1C(=O)CSc1ncc(-c2ccc(F)cc2)n1C. The van der Waals surface area contributed by atoms with E-state index in [-0.39, 0.29) is 11.7 Å². The lowest BCUT2D eigenvalue weighted by Crippen LogP contribution is -2.48. The smallest absolute Gasteiger partial charge is 0.233 e. The summed E-state index contributed by atoms with van der Waals surface area (Å²) < 4.78 is 15.0. The number of rotatable bonds is 4. The molecule has 3 rings (SSSR count). The van der Waals surface area contributed by atoms with E-state index >= 15 is 0 Å². The first kappa shape index (κ1) is 18.0. The van der Waals surface area contributed by atoms with Gasteiger partial charge in [-0.2, -0.15) is 0 Å². The number of hydrogen-bond acceptors (Lipinski definition) is 3. The van der Waals surface area contributed by atoms with Gasteiger partial charge in [0.1, 0.15) is 5.82 Å². The summed E-state index contributed by atoms with van der Waals surface area (Å²) in [5.41, 5.74) is 1.82. The molecule has 6 heteroatoms. The molecule has 4 nitrogen and oxygen atoms in total. The molecule has 0 spiro atoms. The molecule has 2 heterocycles. The second kappa shape index (κ2) is 7.60. The number of aromatic nitrogens is 2. The van der Waals surface area contributed by atoms with Crippen LogP contribution in [-0.2, 0) is 11.8 Å². The van der Waals surface area contributed by atoms with Crippen LogP contribution in [0.5, 0.6) is 0 Å². The number of halogens is 1. The zero-order chi connectivity index (χ0) is 18.0. The van der Waals surface area contributed by atoms with Gasteiger partial charge < -0.3 is 9.47 Å². The van der Waals surface area contributed by atoms with Crippen LogP contribution in [0.2, 0.25) is 0 Å². The molecule has 1 saturated heterocycles. The van der Waals surface area contributed by atoms with Crippen LogP contribution in [0, 0.1) is 5.82 Å². The van der Waals surface area contributed by atoms with Gasteiger partial charge in [-0.05, 0) is 62.9 Å². The van der Waals surface area contributed by atoms with Crippen LogP contribution < -0.4 is 0 Å². The summed E-state index contributed by atoms with van der Waals surface area (Å²) in [4.78, 5) is 19.1. The van der Waals surface area contributed by atoms with Crippen LogP contribution in [0.3, 0.4) is 0 Å². The van der Waals surface area contributed by atoms with Gasteiger partial charge in [0, 0.05) is 19.1 Å². The van der Waals surface area contributed by atoms with Gasteiger partial charge in [0.05, 0.1) is 17.6 Å². The van der Waals surface area contributed by atoms with E-state index in [2.05, 4.69) is 18.8 Å². The maximum atomic E-state index is 13.1. The van der Waals surface area contributed by atoms with Crippen molar-refractivity contribution in [2.45, 2.75) is 50.4 Å². The maximum Gasteiger partial charge on any atom is 0.233 e. The van der Waals surface area contributed by atoms with Gasteiger partial charge >= 0.3 is 0 Å². The molecule has 0 aliphatic carbocycles. The Kier molecular flexibility index (Phi) is 5.47. The first-order valence-corrected chi connectivity index (χ1v) is 9.67. The van der Waals surface area contributed by atoms with E-state index in [0.29, 0.717) is 17.8 Å². The third-order valence-electron chi connectivity index (χ3n) is 4.89. The number of likely N-dealkylation sites (tertiary alicyclic amines) is 1. The van der Waals surface area contributed by atoms with E-state index in [1.165, 1.54) is 30.3 Å². The van der Waals surface area contributed by atoms with Crippen LogP contribution in [-0.4, -0.2) is 38.2 Å². The van der Waals surface area contributed by atoms with Crippen molar-refractivity contribution in [3.8, 4) is 11.3 Å². The van der Waals surface area contributed by atoms with Gasteiger partial charge in [-0.3, -0.25) is 4.79 Å². The average Bonchev–Trinajstić information content (AvgIpc) is 2.94. The second-order valence-corrected chi connectivity index (χ2v) is 7.65. The Morgan fingerprint density at radius 1 is 1.24 bits per heavy atom. The Labute approximate surface area is 152 Å². The van der Waals surface area contributed by atoms with E-state index in [9.17, 15) is 9.18 Å². The Bertz CT molecular complexity index is 734. The summed E-state index contributed by atoms with van der Waals surface area (Å²) in [6, 6.07) is 6.99. The van der Waals surface area contributed by atoms with E-state index in [4.69, 9.17) is 0 Å². The predicted octanol–water partition coefficient (Wildman–Crippen LogP) is 4.11. The van der Waals surface area contributed by atoms with Crippen molar-refractivity contribution in [1.29, 1.82) is 0 Å². The van der Waals surface area contributed by atoms with Gasteiger partial charge in [0.15, 0.2) is 5.16 Å². The largest absolute Gasteiger partial charge is 0.337 e. The van der Waals surface area contributed by atoms with Crippen molar-refractivity contribution < 1.29 is 9.18 Å². The fraction of sp³-hybridized carbons (Fsp3) is 0.474. The number of imidazole rings is 1. The fourth-order valence-corrected chi connectivity index (χ4v) is 4.35. The van der Waals surface area contributed by atoms with Gasteiger partial charge in [-0.15, -0.1) is 0 Å². The quantitative estimate of drug-likeness (QED) is 0.769. The lowest BCUT2D eigenvalue weighted by molar-refractivity contribution is -0.134. The van der Waals surface area contributed by atoms with E-state index in [1.54, 1.807) is 18.3 Å². The molecule has 1 aliphatic heterocycles. The zero-order valence-corrected chi connectivity index (χ0v) is 15.7. The molecule has 0 radical (unpaired) electrons. The highest BCUT2D eigenvalue weighted by Crippen LogP contribution is 2.27. The molecule has 1 fully saturated rings. The number of carbonyl (C=O) groups excluding carboxylic acids is 1. The van der Waals surface area contributed by atoms with E-state index < -0.39 is 0 Å². The average molecular weight is 361 g/mol. The molecule has 2 unspecified atom stereocenters. The molecular formula is C19H24FN3OS. The second-order valence-electron chi connectivity index (χ2n) is 6.71. The number of nitrogens with zero attached hydrogens (tertiary/aromatic N) is 3. The van der Waals surface area contributed by atoms with Crippen LogP contribution in [0.25, 0.3) is 11.3 Å². The number of piperidine rings is 1. The summed E-state index contributed by atoms with van der Waals surface area (Å²) in [5, 5.41) is 0.796. The minimum absolute atomic E-state index is 0.177. The molecule has 1 aromatic carbocycles. The van der Waals surface area contributed by atoms with Gasteiger partial charge in [-0.1, -0.05) is 11.8 Å². The van der Waals surface area contributed by atoms with Gasteiger partial charge in [0.2, 0.25) is 5.91 Å². The molecule has 2 aromatic rings. The van der Waals surface area contributed by atoms with Crippen LogP contribution in [0.1, 0.15) is 33.1 Å². The summed E-state index contributed by atoms with van der Waals surface area (Å²) >= 11 is 1.46. The normalized spacial score (nSPS) is 20.7. The molecule has 0 saturated carbocycles. The molecule has 25 heavy (non-hydrogen) atoms.